The van der Waals surface area contributed by atoms with Gasteiger partial charge in [0.25, 0.3) is 5.91 Å². The highest BCUT2D eigenvalue weighted by atomic mass is 35.5. The number of nitrogens with zero attached hydrogens (tertiary/aromatic N) is 4. The summed E-state index contributed by atoms with van der Waals surface area (Å²) < 4.78 is 29.1. The van der Waals surface area contributed by atoms with Gasteiger partial charge in [0, 0.05) is 42.8 Å². The Balaban J connectivity index is 1.47. The molecule has 1 aliphatic carbocycles. The van der Waals surface area contributed by atoms with Crippen molar-refractivity contribution in [2.45, 2.75) is 50.0 Å². The van der Waals surface area contributed by atoms with E-state index in [0.29, 0.717) is 29.7 Å². The number of hydrogen-bond acceptors (Lipinski definition) is 4. The average molecular weight is 451 g/mol. The number of amides is 1. The summed E-state index contributed by atoms with van der Waals surface area (Å²) in [4.78, 5) is 15.0. The molecule has 0 atom stereocenters. The number of aromatic nitrogens is 2. The van der Waals surface area contributed by atoms with Gasteiger partial charge in [0.15, 0.2) is 5.69 Å². The summed E-state index contributed by atoms with van der Waals surface area (Å²) in [7, 11) is -3.60. The van der Waals surface area contributed by atoms with Crippen LogP contribution in [0.2, 0.25) is 5.02 Å². The minimum atomic E-state index is -3.60. The number of halogens is 1. The van der Waals surface area contributed by atoms with Crippen LogP contribution in [0.5, 0.6) is 0 Å². The molecule has 1 aromatic carbocycles. The smallest absolute Gasteiger partial charge is 0.274 e. The molecular formula is C21H27ClN4O3S. The Morgan fingerprint density at radius 1 is 1.07 bits per heavy atom. The van der Waals surface area contributed by atoms with Crippen molar-refractivity contribution in [3.63, 3.8) is 0 Å². The minimum absolute atomic E-state index is 0.136. The van der Waals surface area contributed by atoms with Gasteiger partial charge in [-0.05, 0) is 63.9 Å². The second kappa shape index (κ2) is 7.66. The molecule has 1 aromatic heterocycles. The summed E-state index contributed by atoms with van der Waals surface area (Å²) in [5.74, 6) is 0.350. The van der Waals surface area contributed by atoms with Gasteiger partial charge in [-0.15, -0.1) is 0 Å². The standard InChI is InChI=1S/C21H27ClN4O3S/c1-21(2,3)26-19(15-4-5-15)14-18(23-26)20(27)24-10-12-25(13-11-24)30(28,29)17-8-6-16(22)7-9-17/h6-9,14-15H,4-5,10-13H2,1-3H3. The first-order chi connectivity index (χ1) is 14.1. The van der Waals surface area contributed by atoms with Gasteiger partial charge in [0.2, 0.25) is 10.0 Å². The van der Waals surface area contributed by atoms with Crippen molar-refractivity contribution >= 4 is 27.5 Å². The van der Waals surface area contributed by atoms with Gasteiger partial charge in [-0.3, -0.25) is 9.48 Å². The molecule has 1 aliphatic heterocycles. The Kier molecular flexibility index (Phi) is 5.45. The third kappa shape index (κ3) is 4.13. The van der Waals surface area contributed by atoms with Crippen LogP contribution in [0.1, 0.15) is 55.7 Å². The zero-order valence-electron chi connectivity index (χ0n) is 17.5. The van der Waals surface area contributed by atoms with Crippen LogP contribution in [0, 0.1) is 0 Å². The summed E-state index contributed by atoms with van der Waals surface area (Å²) in [5, 5.41) is 5.11. The van der Waals surface area contributed by atoms with Crippen LogP contribution < -0.4 is 0 Å². The molecule has 0 N–H and O–H groups in total. The van der Waals surface area contributed by atoms with E-state index in [1.54, 1.807) is 17.0 Å². The number of carbonyl (C=O) groups is 1. The predicted molar refractivity (Wildman–Crippen MR) is 115 cm³/mol. The molecule has 0 radical (unpaired) electrons. The maximum Gasteiger partial charge on any atom is 0.274 e. The van der Waals surface area contributed by atoms with Gasteiger partial charge in [0.1, 0.15) is 0 Å². The quantitative estimate of drug-likeness (QED) is 0.716. The molecule has 1 amide bonds. The summed E-state index contributed by atoms with van der Waals surface area (Å²) in [6, 6.07) is 8.07. The van der Waals surface area contributed by atoms with E-state index < -0.39 is 10.0 Å². The lowest BCUT2D eigenvalue weighted by atomic mass is 10.1. The molecule has 2 fully saturated rings. The first-order valence-electron chi connectivity index (χ1n) is 10.2. The van der Waals surface area contributed by atoms with E-state index in [-0.39, 0.29) is 29.4 Å². The summed E-state index contributed by atoms with van der Waals surface area (Å²) >= 11 is 5.86. The van der Waals surface area contributed by atoms with E-state index >= 15 is 0 Å². The van der Waals surface area contributed by atoms with E-state index in [9.17, 15) is 13.2 Å². The number of benzene rings is 1. The highest BCUT2D eigenvalue weighted by Crippen LogP contribution is 2.41. The van der Waals surface area contributed by atoms with Crippen molar-refractivity contribution in [3.05, 3.63) is 46.7 Å². The summed E-state index contributed by atoms with van der Waals surface area (Å²) in [5.41, 5.74) is 1.37. The van der Waals surface area contributed by atoms with Crippen LogP contribution in [0.15, 0.2) is 35.2 Å². The molecule has 4 rings (SSSR count). The fourth-order valence-corrected chi connectivity index (χ4v) is 5.30. The summed E-state index contributed by atoms with van der Waals surface area (Å²) in [6.45, 7) is 7.44. The number of carbonyl (C=O) groups excluding carboxylic acids is 1. The van der Waals surface area contributed by atoms with Crippen molar-refractivity contribution in [1.82, 2.24) is 19.0 Å². The Labute approximate surface area is 182 Å². The molecule has 7 nitrogen and oxygen atoms in total. The van der Waals surface area contributed by atoms with Crippen molar-refractivity contribution in [2.24, 2.45) is 0 Å². The Morgan fingerprint density at radius 3 is 2.20 bits per heavy atom. The highest BCUT2D eigenvalue weighted by molar-refractivity contribution is 7.89. The van der Waals surface area contributed by atoms with Gasteiger partial charge in [-0.1, -0.05) is 11.6 Å². The molecule has 162 valence electrons. The van der Waals surface area contributed by atoms with Crippen molar-refractivity contribution in [3.8, 4) is 0 Å². The first kappa shape index (κ1) is 21.3. The van der Waals surface area contributed by atoms with Crippen LogP contribution in [-0.4, -0.2) is 59.5 Å². The normalized spacial score (nSPS) is 18.6. The van der Waals surface area contributed by atoms with Crippen LogP contribution in [0.25, 0.3) is 0 Å². The van der Waals surface area contributed by atoms with Gasteiger partial charge >= 0.3 is 0 Å². The lowest BCUT2D eigenvalue weighted by Gasteiger charge is -2.33. The third-order valence-electron chi connectivity index (χ3n) is 5.56. The zero-order chi connectivity index (χ0) is 21.7. The molecular weight excluding hydrogens is 424 g/mol. The maximum absolute atomic E-state index is 13.1. The van der Waals surface area contributed by atoms with Crippen LogP contribution in [-0.2, 0) is 15.6 Å². The number of rotatable bonds is 4. The Morgan fingerprint density at radius 2 is 1.67 bits per heavy atom. The third-order valence-corrected chi connectivity index (χ3v) is 7.73. The molecule has 2 aromatic rings. The zero-order valence-corrected chi connectivity index (χ0v) is 19.1. The fourth-order valence-electron chi connectivity index (χ4n) is 3.76. The fraction of sp³-hybridized carbons (Fsp3) is 0.524. The second-order valence-corrected chi connectivity index (χ2v) is 11.3. The molecule has 2 heterocycles. The van der Waals surface area contributed by atoms with Crippen LogP contribution in [0.4, 0.5) is 0 Å². The van der Waals surface area contributed by atoms with E-state index in [1.807, 2.05) is 10.7 Å². The monoisotopic (exact) mass is 450 g/mol. The van der Waals surface area contributed by atoms with E-state index in [0.717, 1.165) is 18.5 Å². The Bertz CT molecular complexity index is 1040. The molecule has 30 heavy (non-hydrogen) atoms. The van der Waals surface area contributed by atoms with E-state index in [2.05, 4.69) is 25.9 Å². The first-order valence-corrected chi connectivity index (χ1v) is 12.0. The molecule has 1 saturated heterocycles. The molecule has 1 saturated carbocycles. The van der Waals surface area contributed by atoms with Gasteiger partial charge in [-0.25, -0.2) is 8.42 Å². The second-order valence-electron chi connectivity index (χ2n) is 8.96. The van der Waals surface area contributed by atoms with Crippen molar-refractivity contribution in [2.75, 3.05) is 26.2 Å². The van der Waals surface area contributed by atoms with Crippen LogP contribution >= 0.6 is 11.6 Å². The lowest BCUT2D eigenvalue weighted by molar-refractivity contribution is 0.0690. The number of hydrogen-bond donors (Lipinski definition) is 0. The lowest BCUT2D eigenvalue weighted by Crippen LogP contribution is -2.50. The molecule has 0 spiro atoms. The van der Waals surface area contributed by atoms with Crippen LogP contribution in [0.3, 0.4) is 0 Å². The molecule has 9 heteroatoms. The minimum Gasteiger partial charge on any atom is -0.335 e. The number of piperazine rings is 1. The maximum atomic E-state index is 13.1. The average Bonchev–Trinajstić information content (AvgIpc) is 3.44. The summed E-state index contributed by atoms with van der Waals surface area (Å²) in [6.07, 6.45) is 2.27. The van der Waals surface area contributed by atoms with Gasteiger partial charge < -0.3 is 4.90 Å². The van der Waals surface area contributed by atoms with Crippen molar-refractivity contribution in [1.29, 1.82) is 0 Å². The molecule has 0 unspecified atom stereocenters. The SMILES string of the molecule is CC(C)(C)n1nc(C(=O)N2CCN(S(=O)(=O)c3ccc(Cl)cc3)CC2)cc1C1CC1. The van der Waals surface area contributed by atoms with Gasteiger partial charge in [-0.2, -0.15) is 9.40 Å². The molecule has 0 bridgehead atoms. The van der Waals surface area contributed by atoms with Gasteiger partial charge in [0.05, 0.1) is 10.4 Å². The number of sulfonamides is 1. The predicted octanol–water partition coefficient (Wildman–Crippen LogP) is 3.32. The largest absolute Gasteiger partial charge is 0.335 e. The molecule has 2 aliphatic rings. The van der Waals surface area contributed by atoms with E-state index in [4.69, 9.17) is 11.6 Å². The highest BCUT2D eigenvalue weighted by Gasteiger charge is 2.35. The van der Waals surface area contributed by atoms with Crippen molar-refractivity contribution < 1.29 is 13.2 Å². The topological polar surface area (TPSA) is 75.5 Å². The van der Waals surface area contributed by atoms with E-state index in [1.165, 1.54) is 16.4 Å². The Hall–Kier alpha value is -1.90.